The van der Waals surface area contributed by atoms with Gasteiger partial charge in [0.25, 0.3) is 0 Å². The quantitative estimate of drug-likeness (QED) is 0.455. The smallest absolute Gasteiger partial charge is 0.131 e. The molecule has 3 saturated carbocycles. The van der Waals surface area contributed by atoms with Crippen molar-refractivity contribution in [3.63, 3.8) is 0 Å². The maximum Gasteiger partial charge on any atom is 0.131 e. The third kappa shape index (κ3) is 3.53. The first-order chi connectivity index (χ1) is 13.6. The summed E-state index contributed by atoms with van der Waals surface area (Å²) in [7, 11) is 0. The van der Waals surface area contributed by atoms with Gasteiger partial charge in [-0.2, -0.15) is 0 Å². The van der Waals surface area contributed by atoms with E-state index in [9.17, 15) is 0 Å². The van der Waals surface area contributed by atoms with Crippen molar-refractivity contribution in [1.82, 2.24) is 0 Å². The molecule has 0 unspecified atom stereocenters. The van der Waals surface area contributed by atoms with Crippen LogP contribution in [0.4, 0.5) is 4.39 Å². The van der Waals surface area contributed by atoms with Crippen molar-refractivity contribution in [2.24, 2.45) is 5.41 Å². The first-order valence-electron chi connectivity index (χ1n) is 11.5. The molecule has 0 heterocycles. The van der Waals surface area contributed by atoms with Crippen LogP contribution in [0.2, 0.25) is 0 Å². The van der Waals surface area contributed by atoms with Crippen molar-refractivity contribution >= 4 is 0 Å². The predicted molar refractivity (Wildman–Crippen MR) is 117 cm³/mol. The van der Waals surface area contributed by atoms with Crippen LogP contribution in [0.5, 0.6) is 0 Å². The number of aryl methyl sites for hydroxylation is 1. The van der Waals surface area contributed by atoms with Crippen LogP contribution in [0.15, 0.2) is 42.5 Å². The average molecular weight is 379 g/mol. The molecule has 3 fully saturated rings. The standard InChI is InChI=1S/C27H35F/c1-3-5-8-21-11-12-23(25(28)20-21)22-9-6-7-10-24(22)27-17-14-26(13-4-2,15-18-27)16-19-27/h6-7,9-12,20H,3-5,8,13-19H2,1-2H3. The summed E-state index contributed by atoms with van der Waals surface area (Å²) in [5.41, 5.74) is 5.32. The van der Waals surface area contributed by atoms with E-state index in [2.05, 4.69) is 44.2 Å². The molecule has 0 saturated heterocycles. The van der Waals surface area contributed by atoms with Gasteiger partial charge in [-0.05, 0) is 91.4 Å². The SMILES string of the molecule is CCCCc1ccc(-c2ccccc2C23CCC(CCC)(CC2)CC3)c(F)c1. The minimum atomic E-state index is -0.0515. The Morgan fingerprint density at radius 1 is 0.821 bits per heavy atom. The molecule has 3 aliphatic carbocycles. The first-order valence-corrected chi connectivity index (χ1v) is 11.5. The summed E-state index contributed by atoms with van der Waals surface area (Å²) in [5, 5.41) is 0. The van der Waals surface area contributed by atoms with Crippen LogP contribution in [0.25, 0.3) is 11.1 Å². The average Bonchev–Trinajstić information content (AvgIpc) is 2.74. The summed E-state index contributed by atoms with van der Waals surface area (Å²) in [4.78, 5) is 0. The predicted octanol–water partition coefficient (Wildman–Crippen LogP) is 8.23. The summed E-state index contributed by atoms with van der Waals surface area (Å²) in [6, 6.07) is 14.6. The molecule has 0 atom stereocenters. The van der Waals surface area contributed by atoms with E-state index in [-0.39, 0.29) is 11.2 Å². The Labute approximate surface area is 170 Å². The van der Waals surface area contributed by atoms with Gasteiger partial charge < -0.3 is 0 Å². The number of hydrogen-bond donors (Lipinski definition) is 0. The van der Waals surface area contributed by atoms with Crippen molar-refractivity contribution < 1.29 is 4.39 Å². The number of hydrogen-bond acceptors (Lipinski definition) is 0. The lowest BCUT2D eigenvalue weighted by molar-refractivity contribution is 0.0323. The highest BCUT2D eigenvalue weighted by Crippen LogP contribution is 2.60. The van der Waals surface area contributed by atoms with Crippen molar-refractivity contribution in [1.29, 1.82) is 0 Å². The lowest BCUT2D eigenvalue weighted by atomic mass is 9.50. The summed E-state index contributed by atoms with van der Waals surface area (Å²) in [5.74, 6) is -0.0515. The van der Waals surface area contributed by atoms with Gasteiger partial charge in [0.05, 0.1) is 0 Å². The topological polar surface area (TPSA) is 0 Å². The highest BCUT2D eigenvalue weighted by molar-refractivity contribution is 5.70. The molecule has 0 spiro atoms. The van der Waals surface area contributed by atoms with Gasteiger partial charge in [-0.3, -0.25) is 0 Å². The van der Waals surface area contributed by atoms with E-state index in [1.165, 1.54) is 56.9 Å². The van der Waals surface area contributed by atoms with Crippen LogP contribution in [-0.4, -0.2) is 0 Å². The van der Waals surface area contributed by atoms with Gasteiger partial charge in [0.15, 0.2) is 0 Å². The van der Waals surface area contributed by atoms with Gasteiger partial charge in [0, 0.05) is 5.56 Å². The van der Waals surface area contributed by atoms with Gasteiger partial charge in [-0.25, -0.2) is 4.39 Å². The van der Waals surface area contributed by atoms with Gasteiger partial charge >= 0.3 is 0 Å². The second-order valence-corrected chi connectivity index (χ2v) is 9.49. The Bertz CT molecular complexity index is 794. The third-order valence-electron chi connectivity index (χ3n) is 7.82. The molecule has 0 amide bonds. The Balaban J connectivity index is 1.66. The molecule has 5 rings (SSSR count). The van der Waals surface area contributed by atoms with Crippen molar-refractivity contribution in [2.45, 2.75) is 89.9 Å². The van der Waals surface area contributed by atoms with Crippen LogP contribution in [0.3, 0.4) is 0 Å². The molecule has 150 valence electrons. The third-order valence-corrected chi connectivity index (χ3v) is 7.82. The number of halogens is 1. The number of fused-ring (bicyclic) bond motifs is 3. The lowest BCUT2D eigenvalue weighted by Gasteiger charge is -2.54. The highest BCUT2D eigenvalue weighted by atomic mass is 19.1. The molecule has 0 radical (unpaired) electrons. The maximum absolute atomic E-state index is 15.1. The molecule has 0 aliphatic heterocycles. The minimum absolute atomic E-state index is 0.0515. The monoisotopic (exact) mass is 378 g/mol. The van der Waals surface area contributed by atoms with E-state index in [0.717, 1.165) is 36.0 Å². The van der Waals surface area contributed by atoms with Crippen molar-refractivity contribution in [3.8, 4) is 11.1 Å². The Morgan fingerprint density at radius 2 is 1.54 bits per heavy atom. The van der Waals surface area contributed by atoms with Crippen molar-refractivity contribution in [2.75, 3.05) is 0 Å². The molecule has 3 aliphatic rings. The second kappa shape index (κ2) is 8.01. The number of unbranched alkanes of at least 4 members (excludes halogenated alkanes) is 1. The molecule has 0 aromatic heterocycles. The normalized spacial score (nSPS) is 26.5. The molecule has 0 nitrogen and oxygen atoms in total. The molecular weight excluding hydrogens is 343 g/mol. The maximum atomic E-state index is 15.1. The molecule has 1 heteroatoms. The van der Waals surface area contributed by atoms with E-state index < -0.39 is 0 Å². The van der Waals surface area contributed by atoms with Crippen molar-refractivity contribution in [3.05, 3.63) is 59.4 Å². The van der Waals surface area contributed by atoms with Crippen LogP contribution in [-0.2, 0) is 11.8 Å². The fourth-order valence-corrected chi connectivity index (χ4v) is 6.07. The molecule has 0 N–H and O–H groups in total. The Hall–Kier alpha value is -1.63. The fourth-order valence-electron chi connectivity index (χ4n) is 6.07. The van der Waals surface area contributed by atoms with E-state index >= 15 is 4.39 Å². The van der Waals surface area contributed by atoms with Gasteiger partial charge in [0.1, 0.15) is 5.82 Å². The zero-order chi connectivity index (χ0) is 19.6. The molecule has 2 aromatic carbocycles. The zero-order valence-electron chi connectivity index (χ0n) is 17.7. The van der Waals surface area contributed by atoms with E-state index in [4.69, 9.17) is 0 Å². The summed E-state index contributed by atoms with van der Waals surface area (Å²) in [6.45, 7) is 4.51. The largest absolute Gasteiger partial charge is 0.206 e. The van der Waals surface area contributed by atoms with Gasteiger partial charge in [-0.15, -0.1) is 0 Å². The number of benzene rings is 2. The minimum Gasteiger partial charge on any atom is -0.206 e. The zero-order valence-corrected chi connectivity index (χ0v) is 17.7. The fraction of sp³-hybridized carbons (Fsp3) is 0.556. The molecular formula is C27H35F. The molecule has 2 bridgehead atoms. The van der Waals surface area contributed by atoms with Crippen LogP contribution in [0, 0.1) is 11.2 Å². The van der Waals surface area contributed by atoms with Crippen LogP contribution in [0.1, 0.15) is 89.2 Å². The first kappa shape index (κ1) is 19.7. The van der Waals surface area contributed by atoms with Crippen LogP contribution < -0.4 is 0 Å². The summed E-state index contributed by atoms with van der Waals surface area (Å²) in [6.07, 6.45) is 13.8. The van der Waals surface area contributed by atoms with E-state index in [1.807, 2.05) is 6.07 Å². The summed E-state index contributed by atoms with van der Waals surface area (Å²) < 4.78 is 15.1. The Morgan fingerprint density at radius 3 is 2.18 bits per heavy atom. The number of rotatable bonds is 7. The highest BCUT2D eigenvalue weighted by Gasteiger charge is 2.49. The molecule has 28 heavy (non-hydrogen) atoms. The van der Waals surface area contributed by atoms with E-state index in [1.54, 1.807) is 6.07 Å². The van der Waals surface area contributed by atoms with Gasteiger partial charge in [-0.1, -0.05) is 63.1 Å². The van der Waals surface area contributed by atoms with Gasteiger partial charge in [0.2, 0.25) is 0 Å². The summed E-state index contributed by atoms with van der Waals surface area (Å²) >= 11 is 0. The van der Waals surface area contributed by atoms with E-state index in [0.29, 0.717) is 5.41 Å². The lowest BCUT2D eigenvalue weighted by Crippen LogP contribution is -2.44. The Kier molecular flexibility index (Phi) is 5.63. The molecule has 2 aromatic rings. The second-order valence-electron chi connectivity index (χ2n) is 9.49. The van der Waals surface area contributed by atoms with Crippen LogP contribution >= 0.6 is 0 Å².